The van der Waals surface area contributed by atoms with Gasteiger partial charge in [0, 0.05) is 55.5 Å². The Kier molecular flexibility index (Phi) is 6.90. The summed E-state index contributed by atoms with van der Waals surface area (Å²) in [5.74, 6) is 2.42. The van der Waals surface area contributed by atoms with Gasteiger partial charge in [-0.25, -0.2) is 0 Å². The Bertz CT molecular complexity index is 1610. The molecule has 0 N–H and O–H groups in total. The van der Waals surface area contributed by atoms with E-state index >= 15 is 0 Å². The summed E-state index contributed by atoms with van der Waals surface area (Å²) >= 11 is 0. The third-order valence-electron chi connectivity index (χ3n) is 9.70. The minimum Gasteiger partial charge on any atom is -0.461 e. The number of likely N-dealkylation sites (tertiary alicyclic amines) is 2. The Balaban J connectivity index is 1.15. The predicted octanol–water partition coefficient (Wildman–Crippen LogP) is 5.27. The lowest BCUT2D eigenvalue weighted by Crippen LogP contribution is -2.52. The highest BCUT2D eigenvalue weighted by molar-refractivity contribution is 6.15. The average molecular weight is 581 g/mol. The quantitative estimate of drug-likeness (QED) is 0.398. The molecule has 1 spiro atoms. The molecule has 7 rings (SSSR count). The van der Waals surface area contributed by atoms with E-state index in [-0.39, 0.29) is 35.5 Å². The fraction of sp³-hybridized carbons (Fsp3) is 0.486. The number of rotatable bonds is 6. The first-order valence-corrected chi connectivity index (χ1v) is 15.8. The summed E-state index contributed by atoms with van der Waals surface area (Å²) < 4.78 is 5.75. The molecule has 3 aliphatic heterocycles. The largest absolute Gasteiger partial charge is 0.461 e. The highest BCUT2D eigenvalue weighted by Gasteiger charge is 2.51. The molecule has 1 unspecified atom stereocenters. The van der Waals surface area contributed by atoms with E-state index in [2.05, 4.69) is 36.4 Å². The number of nitrogens with zero attached hydrogens (tertiary/aromatic N) is 4. The molecule has 8 heteroatoms. The van der Waals surface area contributed by atoms with Crippen molar-refractivity contribution in [1.29, 1.82) is 0 Å². The average Bonchev–Trinajstić information content (AvgIpc) is 3.56. The first kappa shape index (κ1) is 27.9. The summed E-state index contributed by atoms with van der Waals surface area (Å²) in [6, 6.07) is 16.6. The normalized spacial score (nSPS) is 21.9. The molecule has 0 radical (unpaired) electrons. The van der Waals surface area contributed by atoms with Crippen LogP contribution >= 0.6 is 0 Å². The van der Waals surface area contributed by atoms with Crippen molar-refractivity contribution in [3.05, 3.63) is 59.9 Å². The predicted molar refractivity (Wildman–Crippen MR) is 165 cm³/mol. The fourth-order valence-electron chi connectivity index (χ4n) is 7.03. The molecule has 4 heterocycles. The maximum Gasteiger partial charge on any atom is 0.256 e. The molecule has 3 amide bonds. The maximum absolute atomic E-state index is 14.2. The summed E-state index contributed by atoms with van der Waals surface area (Å²) in [5, 5.41) is 1.08. The second-order valence-electron chi connectivity index (χ2n) is 13.3. The van der Waals surface area contributed by atoms with Gasteiger partial charge in [0.25, 0.3) is 5.91 Å². The highest BCUT2D eigenvalue weighted by atomic mass is 16.3. The summed E-state index contributed by atoms with van der Waals surface area (Å²) in [7, 11) is 0. The smallest absolute Gasteiger partial charge is 0.256 e. The van der Waals surface area contributed by atoms with Crippen LogP contribution in [0.5, 0.6) is 0 Å². The molecule has 3 aromatic rings. The van der Waals surface area contributed by atoms with Gasteiger partial charge in [-0.1, -0.05) is 44.2 Å². The molecule has 2 aromatic carbocycles. The second-order valence-corrected chi connectivity index (χ2v) is 13.3. The number of hydrogen-bond donors (Lipinski definition) is 0. The molecule has 224 valence electrons. The van der Waals surface area contributed by atoms with Crippen LogP contribution in [0.3, 0.4) is 0 Å². The van der Waals surface area contributed by atoms with E-state index in [1.165, 1.54) is 0 Å². The first-order chi connectivity index (χ1) is 20.7. The van der Waals surface area contributed by atoms with Gasteiger partial charge in [-0.3, -0.25) is 24.3 Å². The fourth-order valence-corrected chi connectivity index (χ4v) is 7.03. The summed E-state index contributed by atoms with van der Waals surface area (Å²) in [6.07, 6.45) is 3.97. The molecular formula is C35H40N4O4. The van der Waals surface area contributed by atoms with Crippen molar-refractivity contribution in [1.82, 2.24) is 14.7 Å². The van der Waals surface area contributed by atoms with Gasteiger partial charge >= 0.3 is 0 Å². The van der Waals surface area contributed by atoms with E-state index in [0.29, 0.717) is 44.9 Å². The van der Waals surface area contributed by atoms with E-state index in [1.807, 2.05) is 47.6 Å². The van der Waals surface area contributed by atoms with Crippen LogP contribution < -0.4 is 0 Å². The Labute approximate surface area is 252 Å². The van der Waals surface area contributed by atoms with Gasteiger partial charge in [-0.15, -0.1) is 0 Å². The van der Waals surface area contributed by atoms with Gasteiger partial charge in [-0.2, -0.15) is 0 Å². The molecule has 1 aromatic heterocycles. The number of amidine groups is 1. The van der Waals surface area contributed by atoms with Gasteiger partial charge in [0.15, 0.2) is 0 Å². The van der Waals surface area contributed by atoms with Gasteiger partial charge in [0.05, 0.1) is 0 Å². The number of hydrogen-bond acceptors (Lipinski definition) is 5. The van der Waals surface area contributed by atoms with Crippen LogP contribution in [0.4, 0.5) is 0 Å². The summed E-state index contributed by atoms with van der Waals surface area (Å²) in [6.45, 7) is 8.89. The van der Waals surface area contributed by atoms with Crippen molar-refractivity contribution in [3.63, 3.8) is 0 Å². The molecule has 1 saturated carbocycles. The number of carbonyl (C=O) groups is 3. The van der Waals surface area contributed by atoms with Crippen molar-refractivity contribution < 1.29 is 18.8 Å². The van der Waals surface area contributed by atoms with Gasteiger partial charge in [0.2, 0.25) is 11.8 Å². The number of piperidine rings is 1. The van der Waals surface area contributed by atoms with Crippen molar-refractivity contribution in [2.45, 2.75) is 58.4 Å². The minimum atomic E-state index is -0.839. The number of amides is 3. The third-order valence-corrected chi connectivity index (χ3v) is 9.70. The van der Waals surface area contributed by atoms with Crippen LogP contribution in [0.25, 0.3) is 22.1 Å². The Morgan fingerprint density at radius 2 is 1.63 bits per heavy atom. The van der Waals surface area contributed by atoms with E-state index in [4.69, 9.17) is 9.41 Å². The standard InChI is InChI=1S/C35H40N4O4/c1-22(2)32(40)37-16-13-35(14-17-37)34(42)39(21-24-12-15-38(20-24)33(41)27-8-9-27)31(36-35)26-6-4-25(5-7-26)28-10-11-30-29(19-28)18-23(3)43-30/h4-7,10-11,18-19,22,24,27H,8-9,12-17,20-21H2,1-3H3. The maximum atomic E-state index is 14.2. The van der Waals surface area contributed by atoms with E-state index < -0.39 is 5.54 Å². The third kappa shape index (κ3) is 5.15. The second kappa shape index (κ2) is 10.6. The number of furan rings is 1. The SMILES string of the molecule is Cc1cc2cc(-c3ccc(C4=NC5(CCN(C(=O)C(C)C)CC5)C(=O)N4CC4CCN(C(=O)C5CC5)C4)cc3)ccc2o1. The van der Waals surface area contributed by atoms with Gasteiger partial charge < -0.3 is 14.2 Å². The van der Waals surface area contributed by atoms with Crippen LogP contribution in [0.15, 0.2) is 57.9 Å². The lowest BCUT2D eigenvalue weighted by Gasteiger charge is -2.37. The topological polar surface area (TPSA) is 86.4 Å². The number of benzene rings is 2. The lowest BCUT2D eigenvalue weighted by molar-refractivity contribution is -0.140. The lowest BCUT2D eigenvalue weighted by atomic mass is 9.87. The monoisotopic (exact) mass is 580 g/mol. The Hall–Kier alpha value is -3.94. The molecule has 2 saturated heterocycles. The molecule has 3 fully saturated rings. The number of aryl methyl sites for hydroxylation is 1. The minimum absolute atomic E-state index is 0.0379. The van der Waals surface area contributed by atoms with Gasteiger partial charge in [-0.05, 0) is 74.3 Å². The zero-order valence-corrected chi connectivity index (χ0v) is 25.3. The number of carbonyl (C=O) groups excluding carboxylic acids is 3. The molecule has 43 heavy (non-hydrogen) atoms. The van der Waals surface area contributed by atoms with Crippen molar-refractivity contribution in [3.8, 4) is 11.1 Å². The Morgan fingerprint density at radius 1 is 0.930 bits per heavy atom. The summed E-state index contributed by atoms with van der Waals surface area (Å²) in [5.41, 5.74) is 3.14. The molecular weight excluding hydrogens is 540 g/mol. The van der Waals surface area contributed by atoms with E-state index in [9.17, 15) is 14.4 Å². The van der Waals surface area contributed by atoms with Gasteiger partial charge in [0.1, 0.15) is 22.7 Å². The van der Waals surface area contributed by atoms with Crippen LogP contribution in [-0.2, 0) is 14.4 Å². The Morgan fingerprint density at radius 3 is 2.33 bits per heavy atom. The molecule has 4 aliphatic rings. The van der Waals surface area contributed by atoms with E-state index in [0.717, 1.165) is 59.2 Å². The number of fused-ring (bicyclic) bond motifs is 1. The first-order valence-electron chi connectivity index (χ1n) is 15.8. The number of aliphatic imine (C=N–C) groups is 1. The van der Waals surface area contributed by atoms with Crippen molar-refractivity contribution in [2.24, 2.45) is 22.7 Å². The molecule has 1 atom stereocenters. The van der Waals surface area contributed by atoms with Crippen molar-refractivity contribution >= 4 is 34.5 Å². The van der Waals surface area contributed by atoms with E-state index in [1.54, 1.807) is 0 Å². The zero-order valence-electron chi connectivity index (χ0n) is 25.3. The highest BCUT2D eigenvalue weighted by Crippen LogP contribution is 2.38. The molecule has 0 bridgehead atoms. The van der Waals surface area contributed by atoms with Crippen LogP contribution in [0.1, 0.15) is 57.3 Å². The van der Waals surface area contributed by atoms with Crippen LogP contribution in [0, 0.1) is 24.7 Å². The van der Waals surface area contributed by atoms with Crippen LogP contribution in [-0.4, -0.2) is 76.5 Å². The van der Waals surface area contributed by atoms with Crippen LogP contribution in [0.2, 0.25) is 0 Å². The van der Waals surface area contributed by atoms with Crippen molar-refractivity contribution in [2.75, 3.05) is 32.7 Å². The zero-order chi connectivity index (χ0) is 29.9. The molecule has 1 aliphatic carbocycles. The summed E-state index contributed by atoms with van der Waals surface area (Å²) in [4.78, 5) is 50.6. The molecule has 8 nitrogen and oxygen atoms in total.